The molecule has 0 aromatic heterocycles. The maximum absolute atomic E-state index is 10.8. The van der Waals surface area contributed by atoms with E-state index >= 15 is 0 Å². The number of benzene rings is 4. The first-order valence-corrected chi connectivity index (χ1v) is 21.8. The number of ether oxygens (including phenoxy) is 2. The third kappa shape index (κ3) is 16.1. The summed E-state index contributed by atoms with van der Waals surface area (Å²) in [4.78, 5) is 21.5. The Bertz CT molecular complexity index is 1820. The van der Waals surface area contributed by atoms with Gasteiger partial charge in [-0.1, -0.05) is 57.4 Å². The highest BCUT2D eigenvalue weighted by Gasteiger charge is 2.14. The first-order valence-electron chi connectivity index (χ1n) is 18.7. The Balaban J connectivity index is 0.000000246. The normalized spacial score (nSPS) is 12.8. The standard InChI is InChI=1S/C23H27Br2NO3.C20H23Br2NO3/c24-20-12-17(9-10-22(27)28)13-21(25)23(20)29-15-18-7-4-8-19(11-18)26-14-16-5-2-1-3-6-16;1-13(2)11-23-16-5-3-4-15(8-16)12-26-20-17(21)9-14(10-18(20)22)6-7-19(24)25/h4,7-8,11-13,16,26H,1-3,5-6,9-10,14-15H2,(H,27,28);3-5,8-10,13,23H,6-7,11-12H2,1-2H3,(H,24,25). The third-order valence-corrected chi connectivity index (χ3v) is 11.4. The van der Waals surface area contributed by atoms with Crippen molar-refractivity contribution in [2.24, 2.45) is 11.8 Å². The fourth-order valence-corrected chi connectivity index (χ4v) is 9.14. The quantitative estimate of drug-likeness (QED) is 0.0779. The first kappa shape index (κ1) is 44.7. The van der Waals surface area contributed by atoms with Crippen molar-refractivity contribution >= 4 is 87.0 Å². The van der Waals surface area contributed by atoms with E-state index in [-0.39, 0.29) is 12.8 Å². The second-order valence-corrected chi connectivity index (χ2v) is 17.6. The molecule has 0 bridgehead atoms. The number of carbonyl (C=O) groups is 2. The summed E-state index contributed by atoms with van der Waals surface area (Å²) < 4.78 is 15.3. The summed E-state index contributed by atoms with van der Waals surface area (Å²) in [6.45, 7) is 7.23. The molecule has 12 heteroatoms. The van der Waals surface area contributed by atoms with Crippen LogP contribution in [0.1, 0.15) is 81.0 Å². The average molecular weight is 1010 g/mol. The van der Waals surface area contributed by atoms with Gasteiger partial charge >= 0.3 is 11.9 Å². The minimum absolute atomic E-state index is 0.106. The number of carboxylic acids is 2. The van der Waals surface area contributed by atoms with E-state index in [1.54, 1.807) is 0 Å². The number of nitrogens with one attached hydrogen (secondary N) is 2. The van der Waals surface area contributed by atoms with Crippen LogP contribution in [0, 0.1) is 11.8 Å². The Hall–Kier alpha value is -3.06. The zero-order chi connectivity index (χ0) is 39.7. The second kappa shape index (κ2) is 23.2. The summed E-state index contributed by atoms with van der Waals surface area (Å²) in [7, 11) is 0. The maximum atomic E-state index is 10.8. The van der Waals surface area contributed by atoms with Crippen LogP contribution in [-0.4, -0.2) is 35.2 Å². The Kier molecular flexibility index (Phi) is 18.9. The molecule has 0 amide bonds. The van der Waals surface area contributed by atoms with Gasteiger partial charge in [-0.25, -0.2) is 0 Å². The van der Waals surface area contributed by atoms with Crippen LogP contribution in [0.4, 0.5) is 11.4 Å². The van der Waals surface area contributed by atoms with Gasteiger partial charge in [-0.05, 0) is 172 Å². The Morgan fingerprint density at radius 2 is 1.09 bits per heavy atom. The predicted octanol–water partition coefficient (Wildman–Crippen LogP) is 12.7. The molecule has 296 valence electrons. The molecule has 0 atom stereocenters. The number of anilines is 2. The van der Waals surface area contributed by atoms with Crippen LogP contribution in [0.3, 0.4) is 0 Å². The van der Waals surface area contributed by atoms with Gasteiger partial charge in [0.25, 0.3) is 0 Å². The molecule has 8 nitrogen and oxygen atoms in total. The second-order valence-electron chi connectivity index (χ2n) is 14.2. The first-order chi connectivity index (χ1) is 26.4. The van der Waals surface area contributed by atoms with Gasteiger partial charge in [0, 0.05) is 37.3 Å². The van der Waals surface area contributed by atoms with Crippen LogP contribution in [0.2, 0.25) is 0 Å². The van der Waals surface area contributed by atoms with Crippen molar-refractivity contribution in [1.82, 2.24) is 0 Å². The number of hydrogen-bond acceptors (Lipinski definition) is 6. The lowest BCUT2D eigenvalue weighted by molar-refractivity contribution is -0.138. The molecule has 0 saturated heterocycles. The molecule has 1 aliphatic carbocycles. The number of hydrogen-bond donors (Lipinski definition) is 4. The summed E-state index contributed by atoms with van der Waals surface area (Å²) in [6, 6.07) is 24.2. The SMILES string of the molecule is CC(C)CNc1cccc(COc2c(Br)cc(CCC(=O)O)cc2Br)c1.O=C(O)CCc1cc(Br)c(OCc2cccc(NCC3CCCCC3)c2)c(Br)c1. The fraction of sp³-hybridized carbons (Fsp3) is 0.395. The Morgan fingerprint density at radius 1 is 0.655 bits per heavy atom. The lowest BCUT2D eigenvalue weighted by Crippen LogP contribution is -2.17. The summed E-state index contributed by atoms with van der Waals surface area (Å²) >= 11 is 14.1. The van der Waals surface area contributed by atoms with Crippen molar-refractivity contribution < 1.29 is 29.3 Å². The van der Waals surface area contributed by atoms with Crippen LogP contribution in [0.5, 0.6) is 11.5 Å². The van der Waals surface area contributed by atoms with Gasteiger partial charge in [0.05, 0.1) is 17.9 Å². The molecule has 1 aliphatic rings. The molecule has 4 N–H and O–H groups in total. The molecule has 0 aliphatic heterocycles. The van der Waals surface area contributed by atoms with E-state index in [1.807, 2.05) is 36.4 Å². The van der Waals surface area contributed by atoms with Gasteiger partial charge in [0.15, 0.2) is 0 Å². The van der Waals surface area contributed by atoms with Crippen LogP contribution in [-0.2, 0) is 35.6 Å². The summed E-state index contributed by atoms with van der Waals surface area (Å²) in [6.07, 6.45) is 7.96. The molecule has 0 spiro atoms. The van der Waals surface area contributed by atoms with E-state index in [0.29, 0.717) is 37.7 Å². The van der Waals surface area contributed by atoms with Gasteiger partial charge in [-0.15, -0.1) is 0 Å². The van der Waals surface area contributed by atoms with E-state index in [0.717, 1.165) is 76.3 Å². The summed E-state index contributed by atoms with van der Waals surface area (Å²) in [5, 5.41) is 24.7. The van der Waals surface area contributed by atoms with E-state index in [1.165, 1.54) is 32.1 Å². The highest BCUT2D eigenvalue weighted by atomic mass is 79.9. The average Bonchev–Trinajstić information content (AvgIpc) is 3.15. The highest BCUT2D eigenvalue weighted by molar-refractivity contribution is 9.11. The molecule has 1 saturated carbocycles. The topological polar surface area (TPSA) is 117 Å². The van der Waals surface area contributed by atoms with Crippen molar-refractivity contribution in [3.63, 3.8) is 0 Å². The lowest BCUT2D eigenvalue weighted by Gasteiger charge is -2.22. The van der Waals surface area contributed by atoms with Gasteiger partial charge in [0.1, 0.15) is 24.7 Å². The molecule has 5 rings (SSSR count). The number of rotatable bonds is 18. The largest absolute Gasteiger partial charge is 0.487 e. The Morgan fingerprint density at radius 3 is 1.51 bits per heavy atom. The van der Waals surface area contributed by atoms with Gasteiger partial charge in [0.2, 0.25) is 0 Å². The predicted molar refractivity (Wildman–Crippen MR) is 236 cm³/mol. The molecule has 4 aromatic carbocycles. The number of carboxylic acid groups (broad SMARTS) is 2. The molecule has 0 unspecified atom stereocenters. The van der Waals surface area contributed by atoms with E-state index in [2.05, 4.69) is 125 Å². The van der Waals surface area contributed by atoms with Crippen molar-refractivity contribution in [2.45, 2.75) is 84.8 Å². The monoisotopic (exact) mass is 1010 g/mol. The molecule has 4 aromatic rings. The highest BCUT2D eigenvalue weighted by Crippen LogP contribution is 2.37. The fourth-order valence-electron chi connectivity index (χ4n) is 6.12. The zero-order valence-corrected chi connectivity index (χ0v) is 37.7. The van der Waals surface area contributed by atoms with Crippen molar-refractivity contribution in [1.29, 1.82) is 0 Å². The summed E-state index contributed by atoms with van der Waals surface area (Å²) in [5.74, 6) is 1.21. The molecule has 1 fully saturated rings. The van der Waals surface area contributed by atoms with Crippen LogP contribution < -0.4 is 20.1 Å². The minimum Gasteiger partial charge on any atom is -0.487 e. The van der Waals surface area contributed by atoms with Gasteiger partial charge < -0.3 is 30.3 Å². The number of aliphatic carboxylic acids is 2. The summed E-state index contributed by atoms with van der Waals surface area (Å²) in [5.41, 5.74) is 6.30. The van der Waals surface area contributed by atoms with Crippen LogP contribution in [0.25, 0.3) is 0 Å². The van der Waals surface area contributed by atoms with Crippen molar-refractivity contribution in [3.8, 4) is 11.5 Å². The maximum Gasteiger partial charge on any atom is 0.303 e. The molecule has 0 radical (unpaired) electrons. The molecule has 0 heterocycles. The molecular weight excluding hydrogens is 960 g/mol. The minimum atomic E-state index is -0.802. The van der Waals surface area contributed by atoms with Crippen molar-refractivity contribution in [2.75, 3.05) is 23.7 Å². The van der Waals surface area contributed by atoms with E-state index in [4.69, 9.17) is 19.7 Å². The smallest absolute Gasteiger partial charge is 0.303 e. The van der Waals surface area contributed by atoms with Crippen LogP contribution >= 0.6 is 63.7 Å². The molecule has 55 heavy (non-hydrogen) atoms. The van der Waals surface area contributed by atoms with E-state index in [9.17, 15) is 9.59 Å². The lowest BCUT2D eigenvalue weighted by atomic mass is 9.89. The van der Waals surface area contributed by atoms with Crippen molar-refractivity contribution in [3.05, 3.63) is 113 Å². The molecular formula is C43H50Br4N2O6. The van der Waals surface area contributed by atoms with E-state index < -0.39 is 11.9 Å². The number of aryl methyl sites for hydroxylation is 2. The van der Waals surface area contributed by atoms with Gasteiger partial charge in [-0.3, -0.25) is 9.59 Å². The van der Waals surface area contributed by atoms with Gasteiger partial charge in [-0.2, -0.15) is 0 Å². The van der Waals surface area contributed by atoms with Crippen LogP contribution in [0.15, 0.2) is 90.7 Å². The third-order valence-electron chi connectivity index (χ3n) is 9.03. The zero-order valence-electron chi connectivity index (χ0n) is 31.3. The Labute approximate surface area is 358 Å². The number of halogens is 4.